The van der Waals surface area contributed by atoms with E-state index < -0.39 is 40.8 Å². The van der Waals surface area contributed by atoms with Gasteiger partial charge in [0.05, 0.1) is 52.9 Å². The summed E-state index contributed by atoms with van der Waals surface area (Å²) in [5, 5.41) is 1.65. The van der Waals surface area contributed by atoms with Crippen molar-refractivity contribution in [3.05, 3.63) is 147 Å². The van der Waals surface area contributed by atoms with Crippen LogP contribution in [0.2, 0.25) is 0 Å². The van der Waals surface area contributed by atoms with E-state index in [2.05, 4.69) is 0 Å². The SMILES string of the molecule is Fc1cc(-c2cc3ccccc3c3c2C[N+]2(CCOCCOCCOCCOCC2)CC2=C3c3ccccc3C[C@H]2c2cc(F)c(F)c(F)c2)cc(F)c1F. The van der Waals surface area contributed by atoms with Crippen molar-refractivity contribution in [3.63, 3.8) is 0 Å². The second kappa shape index (κ2) is 15.9. The first kappa shape index (κ1) is 37.4. The minimum absolute atomic E-state index is 0.170. The Balaban J connectivity index is 1.43. The highest BCUT2D eigenvalue weighted by molar-refractivity contribution is 6.04. The van der Waals surface area contributed by atoms with Crippen LogP contribution in [0, 0.1) is 34.9 Å². The second-order valence-corrected chi connectivity index (χ2v) is 14.4. The first-order valence-corrected chi connectivity index (χ1v) is 18.5. The van der Waals surface area contributed by atoms with Crippen molar-refractivity contribution >= 4 is 16.3 Å². The summed E-state index contributed by atoms with van der Waals surface area (Å²) in [6.45, 7) is 4.56. The standard InChI is InChI=1S/C44H40F6NO4/c45-37-21-29(22-38(46)43(37)49)33-19-27-5-1-3-7-31(27)41-35(33)25-51(9-11-52-13-15-54-17-18-55-16-14-53-12-10-51)26-36-34(30-23-39(47)44(50)40(48)24-30)20-28-6-2-4-8-32(28)42(36)41/h1-8,19,21-24,34H,9-18,20,25-26H2/q+1/t34-/m0/s1. The van der Waals surface area contributed by atoms with Gasteiger partial charge in [0, 0.05) is 17.1 Å². The Morgan fingerprint density at radius 2 is 1.09 bits per heavy atom. The van der Waals surface area contributed by atoms with Crippen LogP contribution >= 0.6 is 0 Å². The predicted molar refractivity (Wildman–Crippen MR) is 196 cm³/mol. The third kappa shape index (κ3) is 7.44. The molecule has 0 radical (unpaired) electrons. The number of ether oxygens (including phenoxy) is 4. The molecular formula is C44H40F6NO4+. The Bertz CT molecular complexity index is 2210. The number of nitrogens with zero attached hydrogens (tertiary/aromatic N) is 1. The highest BCUT2D eigenvalue weighted by Crippen LogP contribution is 2.51. The van der Waals surface area contributed by atoms with Crippen molar-refractivity contribution in [1.29, 1.82) is 0 Å². The molecule has 55 heavy (non-hydrogen) atoms. The predicted octanol–water partition coefficient (Wildman–Crippen LogP) is 8.89. The fraction of sp³-hybridized carbons (Fsp3) is 0.318. The smallest absolute Gasteiger partial charge is 0.194 e. The molecule has 0 unspecified atom stereocenters. The molecule has 0 bridgehead atoms. The van der Waals surface area contributed by atoms with Crippen molar-refractivity contribution in [2.45, 2.75) is 18.9 Å². The number of halogens is 6. The molecular weight excluding hydrogens is 720 g/mol. The fourth-order valence-electron chi connectivity index (χ4n) is 8.48. The minimum atomic E-state index is -1.56. The molecule has 5 aromatic rings. The van der Waals surface area contributed by atoms with E-state index in [0.29, 0.717) is 101 Å². The molecule has 5 aromatic carbocycles. The summed E-state index contributed by atoms with van der Waals surface area (Å²) in [5.41, 5.74) is 6.12. The molecule has 0 aromatic heterocycles. The number of rotatable bonds is 2. The van der Waals surface area contributed by atoms with Gasteiger partial charge in [-0.1, -0.05) is 48.5 Å². The van der Waals surface area contributed by atoms with Gasteiger partial charge in [-0.05, 0) is 86.5 Å². The maximum atomic E-state index is 15.1. The Kier molecular flexibility index (Phi) is 10.8. The van der Waals surface area contributed by atoms with Crippen molar-refractivity contribution < 1.29 is 49.8 Å². The van der Waals surface area contributed by atoms with Gasteiger partial charge >= 0.3 is 0 Å². The van der Waals surface area contributed by atoms with E-state index in [1.54, 1.807) is 0 Å². The lowest BCUT2D eigenvalue weighted by molar-refractivity contribution is -0.937. The normalized spacial score (nSPS) is 19.6. The van der Waals surface area contributed by atoms with E-state index in [1.165, 1.54) is 0 Å². The third-order valence-corrected chi connectivity index (χ3v) is 11.1. The average molecular weight is 761 g/mol. The number of fused-ring (bicyclic) bond motifs is 6. The van der Waals surface area contributed by atoms with Crippen LogP contribution in [-0.4, -0.2) is 77.0 Å². The highest BCUT2D eigenvalue weighted by Gasteiger charge is 2.42. The fourth-order valence-corrected chi connectivity index (χ4v) is 8.48. The summed E-state index contributed by atoms with van der Waals surface area (Å²) in [6, 6.07) is 21.6. The summed E-state index contributed by atoms with van der Waals surface area (Å²) >= 11 is 0. The number of hydrogen-bond donors (Lipinski definition) is 0. The molecule has 0 amide bonds. The van der Waals surface area contributed by atoms with Crippen molar-refractivity contribution in [3.8, 4) is 11.1 Å². The van der Waals surface area contributed by atoms with E-state index in [9.17, 15) is 8.78 Å². The number of benzene rings is 5. The molecule has 1 spiro atoms. The van der Waals surface area contributed by atoms with E-state index in [0.717, 1.165) is 68.4 Å². The molecule has 1 fully saturated rings. The van der Waals surface area contributed by atoms with Crippen molar-refractivity contribution in [1.82, 2.24) is 0 Å². The lowest BCUT2D eigenvalue weighted by atomic mass is 9.72. The van der Waals surface area contributed by atoms with E-state index in [-0.39, 0.29) is 5.56 Å². The van der Waals surface area contributed by atoms with Gasteiger partial charge in [-0.3, -0.25) is 0 Å². The molecule has 2 aliphatic heterocycles. The van der Waals surface area contributed by atoms with Gasteiger partial charge in [0.1, 0.15) is 26.2 Å². The molecule has 8 rings (SSSR count). The maximum absolute atomic E-state index is 15.1. The summed E-state index contributed by atoms with van der Waals surface area (Å²) in [4.78, 5) is 0. The van der Waals surface area contributed by atoms with Gasteiger partial charge in [0.15, 0.2) is 34.9 Å². The van der Waals surface area contributed by atoms with Gasteiger partial charge in [-0.2, -0.15) is 0 Å². The average Bonchev–Trinajstić information content (AvgIpc) is 3.34. The molecule has 286 valence electrons. The molecule has 0 saturated carbocycles. The van der Waals surface area contributed by atoms with Crippen molar-refractivity contribution in [2.75, 3.05) is 72.5 Å². The van der Waals surface area contributed by atoms with Crippen LogP contribution in [-0.2, 0) is 31.9 Å². The molecule has 1 saturated heterocycles. The van der Waals surface area contributed by atoms with E-state index >= 15 is 17.6 Å². The number of hydrogen-bond acceptors (Lipinski definition) is 4. The summed E-state index contributed by atoms with van der Waals surface area (Å²) < 4.78 is 113. The van der Waals surface area contributed by atoms with Crippen LogP contribution < -0.4 is 0 Å². The van der Waals surface area contributed by atoms with Crippen LogP contribution in [0.3, 0.4) is 0 Å². The first-order valence-electron chi connectivity index (χ1n) is 18.5. The highest BCUT2D eigenvalue weighted by atomic mass is 19.2. The Labute approximate surface area is 315 Å². The third-order valence-electron chi connectivity index (χ3n) is 11.1. The zero-order chi connectivity index (χ0) is 38.1. The van der Waals surface area contributed by atoms with Crippen LogP contribution in [0.4, 0.5) is 26.3 Å². The summed E-state index contributed by atoms with van der Waals surface area (Å²) in [5.74, 6) is -8.83. The van der Waals surface area contributed by atoms with Gasteiger partial charge < -0.3 is 23.4 Å². The Morgan fingerprint density at radius 1 is 0.545 bits per heavy atom. The monoisotopic (exact) mass is 760 g/mol. The van der Waals surface area contributed by atoms with Gasteiger partial charge in [-0.15, -0.1) is 0 Å². The lowest BCUT2D eigenvalue weighted by Gasteiger charge is -2.41. The van der Waals surface area contributed by atoms with Crippen LogP contribution in [0.25, 0.3) is 27.5 Å². The van der Waals surface area contributed by atoms with E-state index in [1.807, 2.05) is 54.6 Å². The zero-order valence-corrected chi connectivity index (χ0v) is 30.1. The van der Waals surface area contributed by atoms with Gasteiger partial charge in [0.25, 0.3) is 0 Å². The second-order valence-electron chi connectivity index (χ2n) is 14.4. The maximum Gasteiger partial charge on any atom is 0.194 e. The van der Waals surface area contributed by atoms with Gasteiger partial charge in [0.2, 0.25) is 0 Å². The Morgan fingerprint density at radius 3 is 1.73 bits per heavy atom. The molecule has 11 heteroatoms. The molecule has 2 heterocycles. The quantitative estimate of drug-likeness (QED) is 0.102. The molecule has 3 aliphatic rings. The Hall–Kier alpha value is -4.52. The lowest BCUT2D eigenvalue weighted by Crippen LogP contribution is -2.53. The molecule has 0 N–H and O–H groups in total. The topological polar surface area (TPSA) is 36.9 Å². The first-order chi connectivity index (χ1) is 26.7. The van der Waals surface area contributed by atoms with E-state index in [4.69, 9.17) is 18.9 Å². The summed E-state index contributed by atoms with van der Waals surface area (Å²) in [6.07, 6.45) is 0.391. The summed E-state index contributed by atoms with van der Waals surface area (Å²) in [7, 11) is 0. The van der Waals surface area contributed by atoms with Crippen molar-refractivity contribution in [2.24, 2.45) is 0 Å². The minimum Gasteiger partial charge on any atom is -0.377 e. The largest absolute Gasteiger partial charge is 0.377 e. The molecule has 5 nitrogen and oxygen atoms in total. The van der Waals surface area contributed by atoms with Crippen LogP contribution in [0.5, 0.6) is 0 Å². The van der Waals surface area contributed by atoms with Crippen LogP contribution in [0.15, 0.2) is 84.4 Å². The number of quaternary nitrogens is 1. The van der Waals surface area contributed by atoms with Crippen LogP contribution in [0.1, 0.15) is 33.7 Å². The van der Waals surface area contributed by atoms with Gasteiger partial charge in [-0.25, -0.2) is 26.3 Å². The molecule has 1 atom stereocenters. The zero-order valence-electron chi connectivity index (χ0n) is 30.1. The molecule has 1 aliphatic carbocycles.